The summed E-state index contributed by atoms with van der Waals surface area (Å²) in [4.78, 5) is 13.7. The first-order valence-corrected chi connectivity index (χ1v) is 5.02. The summed E-state index contributed by atoms with van der Waals surface area (Å²) in [5.74, 6) is -1.26. The summed E-state index contributed by atoms with van der Waals surface area (Å²) in [7, 11) is 0. The maximum absolute atomic E-state index is 12.5. The van der Waals surface area contributed by atoms with Gasteiger partial charge in [0.15, 0.2) is 17.7 Å². The molecular weight excluding hydrogens is 364 g/mol. The molecule has 0 spiro atoms. The number of carbonyl (C=O) groups is 1. The smallest absolute Gasteiger partial charge is 0.403 e. The van der Waals surface area contributed by atoms with Crippen LogP contribution in [-0.4, -0.2) is 17.6 Å². The molecule has 0 fully saturated rings. The topological polar surface area (TPSA) is 39.2 Å². The molecule has 0 atom stereocenters. The average Bonchev–Trinajstić information content (AvgIpc) is 2.17. The second-order valence-electron chi connectivity index (χ2n) is 2.71. The van der Waals surface area contributed by atoms with E-state index in [4.69, 9.17) is 0 Å². The van der Waals surface area contributed by atoms with Gasteiger partial charge in [-0.3, -0.25) is 4.79 Å². The number of aldehydes is 1. The lowest BCUT2D eigenvalue weighted by molar-refractivity contribution is -0.275. The quantitative estimate of drug-likeness (QED) is 0.356. The number of nitrogens with zero attached hydrogens (tertiary/aromatic N) is 1. The summed E-state index contributed by atoms with van der Waals surface area (Å²) in [6.07, 6.45) is -8.45. The minimum Gasteiger partial charge on any atom is -0.403 e. The summed E-state index contributed by atoms with van der Waals surface area (Å²) in [5.41, 5.74) is -1.84. The van der Waals surface area contributed by atoms with Gasteiger partial charge in [0, 0.05) is 0 Å². The van der Waals surface area contributed by atoms with Gasteiger partial charge in [-0.05, 0) is 28.7 Å². The van der Waals surface area contributed by atoms with E-state index in [1.807, 2.05) is 0 Å². The summed E-state index contributed by atoms with van der Waals surface area (Å²) in [6.45, 7) is 0. The van der Waals surface area contributed by atoms with Gasteiger partial charge in [0.1, 0.15) is 3.70 Å². The Morgan fingerprint density at radius 1 is 1.41 bits per heavy atom. The Bertz CT molecular complexity index is 435. The Balaban J connectivity index is 3.37. The van der Waals surface area contributed by atoms with Gasteiger partial charge < -0.3 is 4.74 Å². The predicted molar refractivity (Wildman–Crippen MR) is 54.0 cm³/mol. The van der Waals surface area contributed by atoms with Gasteiger partial charge in [-0.2, -0.15) is 0 Å². The van der Waals surface area contributed by atoms with E-state index in [1.165, 1.54) is 22.6 Å². The molecule has 94 valence electrons. The third kappa shape index (κ3) is 3.75. The van der Waals surface area contributed by atoms with Crippen molar-refractivity contribution in [2.45, 2.75) is 12.8 Å². The number of halogens is 6. The molecular formula is C8H3F5INO2. The van der Waals surface area contributed by atoms with Crippen molar-refractivity contribution in [3.8, 4) is 5.75 Å². The first kappa shape index (κ1) is 14.1. The summed E-state index contributed by atoms with van der Waals surface area (Å²) >= 11 is 1.50. The molecule has 0 bridgehead atoms. The van der Waals surface area contributed by atoms with Crippen LogP contribution in [0.5, 0.6) is 5.75 Å². The Labute approximate surface area is 105 Å². The minimum absolute atomic E-state index is 0.00318. The molecule has 1 rings (SSSR count). The highest BCUT2D eigenvalue weighted by atomic mass is 127. The largest absolute Gasteiger partial charge is 0.573 e. The Hall–Kier alpha value is -1.00. The number of rotatable bonds is 3. The van der Waals surface area contributed by atoms with Crippen LogP contribution < -0.4 is 4.74 Å². The van der Waals surface area contributed by atoms with E-state index in [2.05, 4.69) is 9.72 Å². The first-order valence-electron chi connectivity index (χ1n) is 3.94. The van der Waals surface area contributed by atoms with Crippen LogP contribution in [0.1, 0.15) is 22.5 Å². The van der Waals surface area contributed by atoms with Gasteiger partial charge >= 0.3 is 6.36 Å². The maximum Gasteiger partial charge on any atom is 0.573 e. The van der Waals surface area contributed by atoms with Gasteiger partial charge in [0.25, 0.3) is 6.43 Å². The van der Waals surface area contributed by atoms with E-state index < -0.39 is 29.8 Å². The Morgan fingerprint density at radius 3 is 2.41 bits per heavy atom. The van der Waals surface area contributed by atoms with Crippen LogP contribution in [0.3, 0.4) is 0 Å². The molecule has 17 heavy (non-hydrogen) atoms. The summed E-state index contributed by atoms with van der Waals surface area (Å²) < 4.78 is 64.3. The molecule has 1 aromatic rings. The molecule has 0 unspecified atom stereocenters. The number of alkyl halides is 5. The van der Waals surface area contributed by atoms with Crippen LogP contribution in [0, 0.1) is 3.70 Å². The van der Waals surface area contributed by atoms with Gasteiger partial charge in [-0.1, -0.05) is 0 Å². The van der Waals surface area contributed by atoms with Crippen LogP contribution in [0.25, 0.3) is 0 Å². The molecule has 9 heteroatoms. The second-order valence-corrected chi connectivity index (χ2v) is 3.82. The molecule has 0 aromatic carbocycles. The standard InChI is InChI=1S/C8H3F5INO2/c9-7(10)5-6(17-8(11,12)13)3(2-16)1-4(14)15-5/h1-2,7H. The summed E-state index contributed by atoms with van der Waals surface area (Å²) in [5, 5.41) is 0. The number of hydrogen-bond donors (Lipinski definition) is 0. The second kappa shape index (κ2) is 5.10. The van der Waals surface area contributed by atoms with Gasteiger partial charge in [-0.25, -0.2) is 13.8 Å². The number of pyridine rings is 1. The monoisotopic (exact) mass is 367 g/mol. The fourth-order valence-corrected chi connectivity index (χ4v) is 1.60. The SMILES string of the molecule is O=Cc1cc(I)nc(C(F)F)c1OC(F)(F)F. The van der Waals surface area contributed by atoms with Crippen LogP contribution in [0.2, 0.25) is 0 Å². The van der Waals surface area contributed by atoms with Crippen molar-refractivity contribution < 1.29 is 31.5 Å². The third-order valence-corrected chi connectivity index (χ3v) is 2.10. The van der Waals surface area contributed by atoms with Crippen LogP contribution in [-0.2, 0) is 0 Å². The van der Waals surface area contributed by atoms with Crippen LogP contribution >= 0.6 is 22.6 Å². The molecule has 0 N–H and O–H groups in total. The lowest BCUT2D eigenvalue weighted by Crippen LogP contribution is -2.20. The Morgan fingerprint density at radius 2 is 2.00 bits per heavy atom. The van der Waals surface area contributed by atoms with Gasteiger partial charge in [0.2, 0.25) is 0 Å². The normalized spacial score (nSPS) is 11.7. The van der Waals surface area contributed by atoms with Crippen molar-refractivity contribution in [1.29, 1.82) is 0 Å². The molecule has 0 radical (unpaired) electrons. The number of ether oxygens (including phenoxy) is 1. The van der Waals surface area contributed by atoms with Crippen molar-refractivity contribution in [1.82, 2.24) is 4.98 Å². The first-order chi connectivity index (χ1) is 7.74. The molecule has 3 nitrogen and oxygen atoms in total. The molecule has 0 saturated carbocycles. The highest BCUT2D eigenvalue weighted by molar-refractivity contribution is 14.1. The van der Waals surface area contributed by atoms with Crippen molar-refractivity contribution in [3.05, 3.63) is 21.0 Å². The zero-order chi connectivity index (χ0) is 13.2. The number of carbonyl (C=O) groups excluding carboxylic acids is 1. The van der Waals surface area contributed by atoms with Crippen molar-refractivity contribution in [3.63, 3.8) is 0 Å². The molecule has 0 saturated heterocycles. The van der Waals surface area contributed by atoms with Gasteiger partial charge in [0.05, 0.1) is 5.56 Å². The molecule has 0 aliphatic carbocycles. The van der Waals surface area contributed by atoms with E-state index in [0.717, 1.165) is 6.07 Å². The van der Waals surface area contributed by atoms with Crippen molar-refractivity contribution in [2.24, 2.45) is 0 Å². The summed E-state index contributed by atoms with van der Waals surface area (Å²) in [6, 6.07) is 0.917. The zero-order valence-electron chi connectivity index (χ0n) is 7.76. The highest BCUT2D eigenvalue weighted by Crippen LogP contribution is 2.34. The third-order valence-electron chi connectivity index (χ3n) is 1.55. The van der Waals surface area contributed by atoms with E-state index in [9.17, 15) is 26.7 Å². The Kier molecular flexibility index (Phi) is 4.22. The van der Waals surface area contributed by atoms with E-state index in [1.54, 1.807) is 0 Å². The fraction of sp³-hybridized carbons (Fsp3) is 0.250. The average molecular weight is 367 g/mol. The van der Waals surface area contributed by atoms with E-state index >= 15 is 0 Å². The van der Waals surface area contributed by atoms with Crippen molar-refractivity contribution >= 4 is 28.9 Å². The lowest BCUT2D eigenvalue weighted by atomic mass is 10.2. The predicted octanol–water partition coefficient (Wildman–Crippen LogP) is 3.33. The molecule has 0 aliphatic rings. The molecule has 0 amide bonds. The van der Waals surface area contributed by atoms with E-state index in [-0.39, 0.29) is 9.99 Å². The van der Waals surface area contributed by atoms with E-state index in [0.29, 0.717) is 0 Å². The minimum atomic E-state index is -5.17. The maximum atomic E-state index is 12.5. The van der Waals surface area contributed by atoms with Crippen LogP contribution in [0.15, 0.2) is 6.07 Å². The van der Waals surface area contributed by atoms with Crippen molar-refractivity contribution in [2.75, 3.05) is 0 Å². The fourth-order valence-electron chi connectivity index (χ4n) is 1.00. The highest BCUT2D eigenvalue weighted by Gasteiger charge is 2.35. The zero-order valence-corrected chi connectivity index (χ0v) is 9.92. The molecule has 1 heterocycles. The molecule has 1 aromatic heterocycles. The number of aromatic nitrogens is 1. The number of hydrogen-bond acceptors (Lipinski definition) is 3. The van der Waals surface area contributed by atoms with Gasteiger partial charge in [-0.15, -0.1) is 13.2 Å². The molecule has 0 aliphatic heterocycles. The van der Waals surface area contributed by atoms with Crippen LogP contribution in [0.4, 0.5) is 22.0 Å². The lowest BCUT2D eigenvalue weighted by Gasteiger charge is -2.14.